The van der Waals surface area contributed by atoms with Crippen LogP contribution in [0.15, 0.2) is 18.3 Å². The van der Waals surface area contributed by atoms with Gasteiger partial charge in [0.25, 0.3) is 0 Å². The van der Waals surface area contributed by atoms with Crippen LogP contribution in [0.5, 0.6) is 0 Å². The van der Waals surface area contributed by atoms with E-state index in [1.165, 1.54) is 6.20 Å². The van der Waals surface area contributed by atoms with Crippen LogP contribution in [0.1, 0.15) is 11.8 Å². The van der Waals surface area contributed by atoms with Gasteiger partial charge < -0.3 is 10.2 Å². The summed E-state index contributed by atoms with van der Waals surface area (Å²) >= 11 is 0. The fraction of sp³-hybridized carbons (Fsp3) is 0.333. The minimum absolute atomic E-state index is 0.321. The standard InChI is InChI=1S/C6H8N2O2/c9-4-6(10)5-2-1-3-7-8-5/h1-3,6,9-10H,4H2/t6-/m1/s1/i4+2. The van der Waals surface area contributed by atoms with Crippen molar-refractivity contribution in [2.24, 2.45) is 0 Å². The Hall–Kier alpha value is -1.00. The summed E-state index contributed by atoms with van der Waals surface area (Å²) in [6, 6.07) is 3.26. The van der Waals surface area contributed by atoms with Crippen LogP contribution in [-0.2, 0) is 0 Å². The lowest BCUT2D eigenvalue weighted by molar-refractivity contribution is 0.0915. The molecular formula is C6H8N2O2. The Morgan fingerprint density at radius 2 is 2.40 bits per heavy atom. The second-order valence-electron chi connectivity index (χ2n) is 1.85. The SMILES string of the molecule is O[14CH2][C@@H](O)c1cccnn1. The highest BCUT2D eigenvalue weighted by atomic mass is 16.5. The maximum Gasteiger partial charge on any atom is 0.121 e. The van der Waals surface area contributed by atoms with E-state index in [-0.39, 0.29) is 6.61 Å². The van der Waals surface area contributed by atoms with Gasteiger partial charge in [0.2, 0.25) is 0 Å². The summed E-state index contributed by atoms with van der Waals surface area (Å²) in [6.07, 6.45) is 0.599. The zero-order chi connectivity index (χ0) is 7.40. The number of hydrogen-bond donors (Lipinski definition) is 2. The lowest BCUT2D eigenvalue weighted by atomic mass is 10.4. The van der Waals surface area contributed by atoms with Crippen LogP contribution in [0.25, 0.3) is 0 Å². The molecule has 1 rings (SSSR count). The minimum atomic E-state index is -0.909. The van der Waals surface area contributed by atoms with Crippen molar-refractivity contribution in [2.45, 2.75) is 6.10 Å². The molecule has 0 saturated heterocycles. The average Bonchev–Trinajstić information content (AvgIpc) is 2.05. The Labute approximate surface area is 58.2 Å². The Bertz CT molecular complexity index is 190. The molecule has 0 unspecified atom stereocenters. The molecule has 0 fully saturated rings. The summed E-state index contributed by atoms with van der Waals surface area (Å²) in [5.74, 6) is 0. The monoisotopic (exact) mass is 142 g/mol. The molecule has 0 radical (unpaired) electrons. The van der Waals surface area contributed by atoms with Gasteiger partial charge in [0.1, 0.15) is 6.10 Å². The van der Waals surface area contributed by atoms with E-state index >= 15 is 0 Å². The first kappa shape index (κ1) is 7.11. The van der Waals surface area contributed by atoms with Gasteiger partial charge in [-0.15, -0.1) is 0 Å². The molecule has 0 spiro atoms. The molecule has 1 aromatic heterocycles. The number of aliphatic hydroxyl groups is 2. The molecule has 4 nitrogen and oxygen atoms in total. The molecule has 10 heavy (non-hydrogen) atoms. The van der Waals surface area contributed by atoms with Crippen molar-refractivity contribution >= 4 is 0 Å². The minimum Gasteiger partial charge on any atom is -0.393 e. The van der Waals surface area contributed by atoms with E-state index in [0.29, 0.717) is 5.69 Å². The summed E-state index contributed by atoms with van der Waals surface area (Å²) in [5, 5.41) is 24.6. The van der Waals surface area contributed by atoms with E-state index in [1.807, 2.05) is 0 Å². The second kappa shape index (κ2) is 3.24. The Morgan fingerprint density at radius 3 is 2.90 bits per heavy atom. The van der Waals surface area contributed by atoms with Gasteiger partial charge >= 0.3 is 0 Å². The highest BCUT2D eigenvalue weighted by Crippen LogP contribution is 2.04. The van der Waals surface area contributed by atoms with E-state index in [9.17, 15) is 0 Å². The van der Waals surface area contributed by atoms with Crippen LogP contribution < -0.4 is 0 Å². The molecule has 1 atom stereocenters. The molecule has 54 valence electrons. The van der Waals surface area contributed by atoms with Crippen LogP contribution in [-0.4, -0.2) is 27.0 Å². The Balaban J connectivity index is 2.75. The predicted octanol–water partition coefficient (Wildman–Crippen LogP) is -0.498. The third-order valence-electron chi connectivity index (χ3n) is 1.11. The molecular weight excluding hydrogens is 134 g/mol. The van der Waals surface area contributed by atoms with E-state index in [0.717, 1.165) is 0 Å². The number of aliphatic hydroxyl groups excluding tert-OH is 2. The highest BCUT2D eigenvalue weighted by molar-refractivity contribution is 5.02. The maximum atomic E-state index is 8.98. The smallest absolute Gasteiger partial charge is 0.121 e. The van der Waals surface area contributed by atoms with Crippen LogP contribution in [0.4, 0.5) is 0 Å². The fourth-order valence-electron chi connectivity index (χ4n) is 0.585. The van der Waals surface area contributed by atoms with Gasteiger partial charge in [0, 0.05) is 6.20 Å². The van der Waals surface area contributed by atoms with E-state index in [2.05, 4.69) is 10.2 Å². The first-order chi connectivity index (χ1) is 4.84. The van der Waals surface area contributed by atoms with Gasteiger partial charge in [-0.25, -0.2) is 0 Å². The molecule has 0 aliphatic rings. The van der Waals surface area contributed by atoms with Gasteiger partial charge in [-0.05, 0) is 12.1 Å². The van der Waals surface area contributed by atoms with Crippen LogP contribution in [0, 0.1) is 0 Å². The van der Waals surface area contributed by atoms with Crippen molar-refractivity contribution in [1.29, 1.82) is 0 Å². The summed E-state index contributed by atoms with van der Waals surface area (Å²) in [7, 11) is 0. The van der Waals surface area contributed by atoms with Crippen LogP contribution in [0.3, 0.4) is 0 Å². The second-order valence-corrected chi connectivity index (χ2v) is 1.85. The molecule has 0 aromatic carbocycles. The average molecular weight is 142 g/mol. The first-order valence-electron chi connectivity index (χ1n) is 2.91. The fourth-order valence-corrected chi connectivity index (χ4v) is 0.585. The van der Waals surface area contributed by atoms with Crippen molar-refractivity contribution in [3.05, 3.63) is 24.0 Å². The molecule has 4 heteroatoms. The molecule has 0 bridgehead atoms. The third-order valence-corrected chi connectivity index (χ3v) is 1.11. The predicted molar refractivity (Wildman–Crippen MR) is 34.1 cm³/mol. The van der Waals surface area contributed by atoms with E-state index in [1.54, 1.807) is 12.1 Å². The first-order valence-corrected chi connectivity index (χ1v) is 2.91. The summed E-state index contributed by atoms with van der Waals surface area (Å²) in [4.78, 5) is 0. The van der Waals surface area contributed by atoms with Gasteiger partial charge in [0.05, 0.1) is 12.3 Å². The molecule has 0 aliphatic carbocycles. The topological polar surface area (TPSA) is 66.2 Å². The van der Waals surface area contributed by atoms with Crippen molar-refractivity contribution in [3.8, 4) is 0 Å². The molecule has 0 saturated carbocycles. The van der Waals surface area contributed by atoms with Crippen molar-refractivity contribution < 1.29 is 10.2 Å². The van der Waals surface area contributed by atoms with Gasteiger partial charge in [-0.2, -0.15) is 10.2 Å². The van der Waals surface area contributed by atoms with Crippen LogP contribution >= 0.6 is 0 Å². The zero-order valence-corrected chi connectivity index (χ0v) is 5.31. The number of nitrogens with zero attached hydrogens (tertiary/aromatic N) is 2. The summed E-state index contributed by atoms with van der Waals surface area (Å²) < 4.78 is 0. The molecule has 1 heterocycles. The van der Waals surface area contributed by atoms with Crippen molar-refractivity contribution in [2.75, 3.05) is 6.61 Å². The number of hydrogen-bond acceptors (Lipinski definition) is 4. The van der Waals surface area contributed by atoms with Crippen LogP contribution in [0.2, 0.25) is 0 Å². The van der Waals surface area contributed by atoms with Crippen molar-refractivity contribution in [1.82, 2.24) is 10.2 Å². The number of rotatable bonds is 2. The summed E-state index contributed by atoms with van der Waals surface area (Å²) in [5.41, 5.74) is 0.394. The number of aromatic nitrogens is 2. The largest absolute Gasteiger partial charge is 0.393 e. The molecule has 2 N–H and O–H groups in total. The Morgan fingerprint density at radius 1 is 1.60 bits per heavy atom. The normalized spacial score (nSPS) is 13.0. The highest BCUT2D eigenvalue weighted by Gasteiger charge is 2.05. The van der Waals surface area contributed by atoms with E-state index < -0.39 is 6.10 Å². The van der Waals surface area contributed by atoms with Gasteiger partial charge in [0.15, 0.2) is 0 Å². The molecule has 1 aromatic rings. The Kier molecular flexibility index (Phi) is 2.30. The van der Waals surface area contributed by atoms with Gasteiger partial charge in [-0.1, -0.05) is 0 Å². The third kappa shape index (κ3) is 1.49. The zero-order valence-electron chi connectivity index (χ0n) is 5.31. The van der Waals surface area contributed by atoms with Gasteiger partial charge in [-0.3, -0.25) is 0 Å². The van der Waals surface area contributed by atoms with E-state index in [4.69, 9.17) is 10.2 Å². The van der Waals surface area contributed by atoms with Crippen molar-refractivity contribution in [3.63, 3.8) is 0 Å². The lowest BCUT2D eigenvalue weighted by Crippen LogP contribution is -2.05. The lowest BCUT2D eigenvalue weighted by Gasteiger charge is -2.02. The quantitative estimate of drug-likeness (QED) is 0.584. The molecule has 0 amide bonds. The maximum absolute atomic E-state index is 8.98. The summed E-state index contributed by atoms with van der Waals surface area (Å²) in [6.45, 7) is -0.321. The molecule has 0 aliphatic heterocycles.